The van der Waals surface area contributed by atoms with Crippen LogP contribution in [0.5, 0.6) is 0 Å². The highest BCUT2D eigenvalue weighted by Crippen LogP contribution is 2.17. The van der Waals surface area contributed by atoms with E-state index in [1.807, 2.05) is 12.4 Å². The molecule has 0 aromatic carbocycles. The fourth-order valence-corrected chi connectivity index (χ4v) is 3.25. The quantitative estimate of drug-likeness (QED) is 0.880. The molecule has 6 heteroatoms. The summed E-state index contributed by atoms with van der Waals surface area (Å²) in [6.45, 7) is 6.61. The number of nitrogens with one attached hydrogen (secondary N) is 1. The SMILES string of the molecule is CNC(=O)[C@@H]1CN(C)CCN(Cc2scnc2C)C1. The minimum absolute atomic E-state index is 0.0470. The lowest BCUT2D eigenvalue weighted by molar-refractivity contribution is -0.125. The molecule has 1 saturated heterocycles. The molecule has 1 aliphatic heterocycles. The van der Waals surface area contributed by atoms with Gasteiger partial charge in [-0.25, -0.2) is 4.98 Å². The zero-order valence-electron chi connectivity index (χ0n) is 11.8. The molecular formula is C13H22N4OS. The van der Waals surface area contributed by atoms with E-state index < -0.39 is 0 Å². The second-order valence-corrected chi connectivity index (χ2v) is 6.11. The summed E-state index contributed by atoms with van der Waals surface area (Å²) in [4.78, 5) is 22.1. The predicted octanol–water partition coefficient (Wildman–Crippen LogP) is 0.561. The molecule has 2 heterocycles. The van der Waals surface area contributed by atoms with E-state index in [2.05, 4.69) is 27.1 Å². The number of hydrogen-bond donors (Lipinski definition) is 1. The lowest BCUT2D eigenvalue weighted by Crippen LogP contribution is -2.39. The van der Waals surface area contributed by atoms with Crippen molar-refractivity contribution < 1.29 is 4.79 Å². The topological polar surface area (TPSA) is 48.5 Å². The molecule has 106 valence electrons. The Labute approximate surface area is 118 Å². The molecule has 1 amide bonds. The number of nitrogens with zero attached hydrogens (tertiary/aromatic N) is 3. The van der Waals surface area contributed by atoms with Gasteiger partial charge in [-0.15, -0.1) is 11.3 Å². The maximum atomic E-state index is 11.9. The Morgan fingerprint density at radius 1 is 1.53 bits per heavy atom. The normalized spacial score (nSPS) is 22.2. The minimum atomic E-state index is 0.0470. The van der Waals surface area contributed by atoms with Gasteiger partial charge in [0.1, 0.15) is 0 Å². The molecule has 0 aliphatic carbocycles. The third-order valence-corrected chi connectivity index (χ3v) is 4.56. The molecule has 1 N–H and O–H groups in total. The van der Waals surface area contributed by atoms with Crippen molar-refractivity contribution in [1.29, 1.82) is 0 Å². The summed E-state index contributed by atoms with van der Waals surface area (Å²) in [6.07, 6.45) is 0. The van der Waals surface area contributed by atoms with Crippen molar-refractivity contribution in [2.45, 2.75) is 13.5 Å². The van der Waals surface area contributed by atoms with Crippen LogP contribution in [0.4, 0.5) is 0 Å². The molecule has 1 aromatic rings. The highest BCUT2D eigenvalue weighted by molar-refractivity contribution is 7.09. The summed E-state index contributed by atoms with van der Waals surface area (Å²) in [7, 11) is 3.79. The van der Waals surface area contributed by atoms with E-state index in [1.165, 1.54) is 4.88 Å². The van der Waals surface area contributed by atoms with Crippen molar-refractivity contribution >= 4 is 17.2 Å². The molecule has 19 heavy (non-hydrogen) atoms. The second kappa shape index (κ2) is 6.45. The van der Waals surface area contributed by atoms with Crippen LogP contribution in [0, 0.1) is 12.8 Å². The van der Waals surface area contributed by atoms with Crippen LogP contribution in [0.3, 0.4) is 0 Å². The fraction of sp³-hybridized carbons (Fsp3) is 0.692. The van der Waals surface area contributed by atoms with Gasteiger partial charge in [0.15, 0.2) is 0 Å². The molecular weight excluding hydrogens is 260 g/mol. The molecule has 1 aromatic heterocycles. The average molecular weight is 282 g/mol. The van der Waals surface area contributed by atoms with Crippen LogP contribution in [-0.4, -0.2) is 61.0 Å². The molecule has 0 spiro atoms. The van der Waals surface area contributed by atoms with Crippen molar-refractivity contribution in [3.8, 4) is 0 Å². The van der Waals surface area contributed by atoms with Crippen LogP contribution in [0.2, 0.25) is 0 Å². The van der Waals surface area contributed by atoms with Crippen LogP contribution >= 0.6 is 11.3 Å². The monoisotopic (exact) mass is 282 g/mol. The van der Waals surface area contributed by atoms with Crippen LogP contribution in [-0.2, 0) is 11.3 Å². The summed E-state index contributed by atoms with van der Waals surface area (Å²) >= 11 is 1.70. The van der Waals surface area contributed by atoms with Crippen LogP contribution in [0.25, 0.3) is 0 Å². The van der Waals surface area contributed by atoms with Gasteiger partial charge in [-0.3, -0.25) is 9.69 Å². The van der Waals surface area contributed by atoms with Gasteiger partial charge in [0.05, 0.1) is 17.1 Å². The second-order valence-electron chi connectivity index (χ2n) is 5.17. The van der Waals surface area contributed by atoms with Crippen molar-refractivity contribution in [2.75, 3.05) is 40.3 Å². The number of amides is 1. The van der Waals surface area contributed by atoms with Gasteiger partial charge in [0, 0.05) is 44.6 Å². The summed E-state index contributed by atoms with van der Waals surface area (Å²) < 4.78 is 0. The molecule has 0 unspecified atom stereocenters. The van der Waals surface area contributed by atoms with Crippen LogP contribution in [0.1, 0.15) is 10.6 Å². The average Bonchev–Trinajstić information content (AvgIpc) is 2.69. The van der Waals surface area contributed by atoms with Gasteiger partial charge < -0.3 is 10.2 Å². The first-order chi connectivity index (χ1) is 9.10. The number of carbonyl (C=O) groups excluding carboxylic acids is 1. The third kappa shape index (κ3) is 3.75. The van der Waals surface area contributed by atoms with E-state index in [0.29, 0.717) is 0 Å². The molecule has 0 bridgehead atoms. The van der Waals surface area contributed by atoms with Crippen molar-refractivity contribution in [2.24, 2.45) is 5.92 Å². The lowest BCUT2D eigenvalue weighted by Gasteiger charge is -2.22. The third-order valence-electron chi connectivity index (χ3n) is 3.64. The molecule has 2 rings (SSSR count). The first-order valence-corrected chi connectivity index (χ1v) is 7.49. The smallest absolute Gasteiger partial charge is 0.225 e. The largest absolute Gasteiger partial charge is 0.359 e. The standard InChI is InChI=1S/C13H22N4OS/c1-10-12(19-9-15-10)8-17-5-4-16(3)6-11(7-17)13(18)14-2/h9,11H,4-8H2,1-3H3,(H,14,18)/t11-/m1/s1. The first kappa shape index (κ1) is 14.4. The van der Waals surface area contributed by atoms with Crippen LogP contribution in [0.15, 0.2) is 5.51 Å². The highest BCUT2D eigenvalue weighted by atomic mass is 32.1. The van der Waals surface area contributed by atoms with E-state index >= 15 is 0 Å². The van der Waals surface area contributed by atoms with Gasteiger partial charge >= 0.3 is 0 Å². The molecule has 5 nitrogen and oxygen atoms in total. The van der Waals surface area contributed by atoms with Crippen molar-refractivity contribution in [1.82, 2.24) is 20.1 Å². The molecule has 1 fully saturated rings. The zero-order valence-corrected chi connectivity index (χ0v) is 12.7. The summed E-state index contributed by atoms with van der Waals surface area (Å²) in [5.74, 6) is 0.186. The summed E-state index contributed by atoms with van der Waals surface area (Å²) in [5, 5.41) is 2.77. The zero-order chi connectivity index (χ0) is 13.8. The van der Waals surface area contributed by atoms with Gasteiger partial charge in [-0.05, 0) is 14.0 Å². The Morgan fingerprint density at radius 3 is 2.95 bits per heavy atom. The van der Waals surface area contributed by atoms with E-state index in [9.17, 15) is 4.79 Å². The maximum Gasteiger partial charge on any atom is 0.225 e. The molecule has 0 saturated carbocycles. The van der Waals surface area contributed by atoms with Crippen LogP contribution < -0.4 is 5.32 Å². The highest BCUT2D eigenvalue weighted by Gasteiger charge is 2.26. The lowest BCUT2D eigenvalue weighted by atomic mass is 10.1. The Balaban J connectivity index is 2.04. The van der Waals surface area contributed by atoms with Gasteiger partial charge in [0.25, 0.3) is 0 Å². The van der Waals surface area contributed by atoms with E-state index in [0.717, 1.165) is 38.4 Å². The maximum absolute atomic E-state index is 11.9. The van der Waals surface area contributed by atoms with Gasteiger partial charge in [0.2, 0.25) is 5.91 Å². The summed E-state index contributed by atoms with van der Waals surface area (Å²) in [5.41, 5.74) is 3.00. The minimum Gasteiger partial charge on any atom is -0.359 e. The number of hydrogen-bond acceptors (Lipinski definition) is 5. The first-order valence-electron chi connectivity index (χ1n) is 6.61. The Morgan fingerprint density at radius 2 is 2.32 bits per heavy atom. The van der Waals surface area contributed by atoms with Gasteiger partial charge in [-0.2, -0.15) is 0 Å². The molecule has 1 aliphatic rings. The van der Waals surface area contributed by atoms with Crippen molar-refractivity contribution in [3.63, 3.8) is 0 Å². The van der Waals surface area contributed by atoms with E-state index in [1.54, 1.807) is 18.4 Å². The predicted molar refractivity (Wildman–Crippen MR) is 77.2 cm³/mol. The number of thiazole rings is 1. The number of aromatic nitrogens is 1. The Bertz CT molecular complexity index is 434. The number of aryl methyl sites for hydroxylation is 1. The Kier molecular flexibility index (Phi) is 4.90. The van der Waals surface area contributed by atoms with Gasteiger partial charge in [-0.1, -0.05) is 0 Å². The van der Waals surface area contributed by atoms with E-state index in [4.69, 9.17) is 0 Å². The molecule has 0 radical (unpaired) electrons. The molecule has 1 atom stereocenters. The number of likely N-dealkylation sites (N-methyl/N-ethyl adjacent to an activating group) is 1. The van der Waals surface area contributed by atoms with E-state index in [-0.39, 0.29) is 11.8 Å². The fourth-order valence-electron chi connectivity index (χ4n) is 2.43. The van der Waals surface area contributed by atoms with Crippen molar-refractivity contribution in [3.05, 3.63) is 16.1 Å². The Hall–Kier alpha value is -0.980. The summed E-state index contributed by atoms with van der Waals surface area (Å²) in [6, 6.07) is 0. The number of rotatable bonds is 3. The number of carbonyl (C=O) groups is 1.